The molecule has 0 aliphatic carbocycles. The van der Waals surface area contributed by atoms with Crippen molar-refractivity contribution < 1.29 is 0 Å². The van der Waals surface area contributed by atoms with E-state index in [4.69, 9.17) is 0 Å². The van der Waals surface area contributed by atoms with E-state index in [0.717, 1.165) is 70.7 Å². The fourth-order valence-corrected chi connectivity index (χ4v) is 4.10. The van der Waals surface area contributed by atoms with Crippen LogP contribution in [-0.2, 0) is 0 Å². The van der Waals surface area contributed by atoms with Crippen LogP contribution < -0.4 is 20.4 Å². The molecule has 8 nitrogen and oxygen atoms in total. The van der Waals surface area contributed by atoms with Gasteiger partial charge >= 0.3 is 0 Å². The quantitative estimate of drug-likeness (QED) is 0.547. The fourth-order valence-electron chi connectivity index (χ4n) is 4.10. The molecule has 0 spiro atoms. The lowest BCUT2D eigenvalue weighted by Crippen LogP contribution is -2.50. The van der Waals surface area contributed by atoms with E-state index in [-0.39, 0.29) is 0 Å². The van der Waals surface area contributed by atoms with E-state index in [9.17, 15) is 0 Å². The Kier molecular flexibility index (Phi) is 6.97. The molecule has 0 bridgehead atoms. The monoisotopic (exact) mass is 408 g/mol. The highest BCUT2D eigenvalue weighted by Crippen LogP contribution is 2.19. The van der Waals surface area contributed by atoms with Gasteiger partial charge in [0.15, 0.2) is 5.96 Å². The van der Waals surface area contributed by atoms with Crippen LogP contribution in [0.1, 0.15) is 6.42 Å². The lowest BCUT2D eigenvalue weighted by Gasteiger charge is -2.34. The number of guanidine groups is 1. The number of hydrogen-bond donors (Lipinski definition) is 2. The summed E-state index contributed by atoms with van der Waals surface area (Å²) in [7, 11) is 1.85. The summed E-state index contributed by atoms with van der Waals surface area (Å²) in [6.45, 7) is 7.97. The van der Waals surface area contributed by atoms with Gasteiger partial charge in [-0.15, -0.1) is 0 Å². The van der Waals surface area contributed by atoms with Crippen molar-refractivity contribution in [2.45, 2.75) is 12.5 Å². The Hall–Kier alpha value is -2.87. The molecule has 8 heteroatoms. The highest BCUT2D eigenvalue weighted by Gasteiger charge is 2.23. The lowest BCUT2D eigenvalue weighted by atomic mass is 10.2. The Morgan fingerprint density at radius 1 is 1.00 bits per heavy atom. The average molecular weight is 409 g/mol. The van der Waals surface area contributed by atoms with E-state index in [1.165, 1.54) is 5.69 Å². The summed E-state index contributed by atoms with van der Waals surface area (Å²) in [5.41, 5.74) is 1.30. The Labute approximate surface area is 179 Å². The molecule has 2 aliphatic rings. The van der Waals surface area contributed by atoms with E-state index in [2.05, 4.69) is 70.6 Å². The van der Waals surface area contributed by atoms with Crippen LogP contribution in [0, 0.1) is 0 Å². The molecular weight excluding hydrogens is 376 g/mol. The molecule has 2 N–H and O–H groups in total. The minimum absolute atomic E-state index is 0.422. The van der Waals surface area contributed by atoms with Crippen LogP contribution in [0.15, 0.2) is 53.8 Å². The standard InChI is InChI=1S/C22H32N8/c1-23-21(27-19-8-12-30(18-19)20-6-3-2-4-7-20)24-11-13-28-14-16-29(17-15-28)22-25-9-5-10-26-22/h2-7,9-10,19H,8,11-18H2,1H3,(H2,23,24,27). The second-order valence-electron chi connectivity index (χ2n) is 7.79. The molecule has 0 amide bonds. The highest BCUT2D eigenvalue weighted by molar-refractivity contribution is 5.80. The summed E-state index contributed by atoms with van der Waals surface area (Å²) in [4.78, 5) is 20.3. The predicted octanol–water partition coefficient (Wildman–Crippen LogP) is 1.04. The Morgan fingerprint density at radius 3 is 2.50 bits per heavy atom. The first-order valence-electron chi connectivity index (χ1n) is 10.8. The summed E-state index contributed by atoms with van der Waals surface area (Å²) >= 11 is 0. The van der Waals surface area contributed by atoms with Crippen LogP contribution in [-0.4, -0.2) is 86.3 Å². The van der Waals surface area contributed by atoms with Gasteiger partial charge in [-0.3, -0.25) is 9.89 Å². The summed E-state index contributed by atoms with van der Waals surface area (Å²) < 4.78 is 0. The third-order valence-electron chi connectivity index (χ3n) is 5.80. The molecule has 3 heterocycles. The second-order valence-corrected chi connectivity index (χ2v) is 7.79. The number of rotatable bonds is 6. The van der Waals surface area contributed by atoms with Crippen molar-refractivity contribution in [2.75, 3.05) is 69.2 Å². The Balaban J connectivity index is 1.15. The van der Waals surface area contributed by atoms with Crippen molar-refractivity contribution in [3.05, 3.63) is 48.8 Å². The fraction of sp³-hybridized carbons (Fsp3) is 0.500. The average Bonchev–Trinajstić information content (AvgIpc) is 3.28. The normalized spacial score (nSPS) is 20.4. The molecule has 1 aromatic heterocycles. The molecule has 30 heavy (non-hydrogen) atoms. The number of nitrogens with zero attached hydrogens (tertiary/aromatic N) is 6. The topological polar surface area (TPSA) is 71.9 Å². The van der Waals surface area contributed by atoms with Gasteiger partial charge in [0.1, 0.15) is 0 Å². The maximum atomic E-state index is 4.42. The zero-order valence-corrected chi connectivity index (χ0v) is 17.7. The summed E-state index contributed by atoms with van der Waals surface area (Å²) in [6, 6.07) is 12.9. The second kappa shape index (κ2) is 10.2. The van der Waals surface area contributed by atoms with Gasteiger partial charge in [0.2, 0.25) is 5.95 Å². The minimum Gasteiger partial charge on any atom is -0.369 e. The molecule has 2 saturated heterocycles. The molecule has 4 rings (SSSR count). The molecule has 2 aliphatic heterocycles. The van der Waals surface area contributed by atoms with Crippen molar-refractivity contribution in [2.24, 2.45) is 4.99 Å². The molecule has 1 unspecified atom stereocenters. The van der Waals surface area contributed by atoms with Crippen molar-refractivity contribution in [3.8, 4) is 0 Å². The van der Waals surface area contributed by atoms with Gasteiger partial charge in [0.25, 0.3) is 0 Å². The number of aromatic nitrogens is 2. The van der Waals surface area contributed by atoms with E-state index in [1.807, 2.05) is 13.1 Å². The van der Waals surface area contributed by atoms with Crippen LogP contribution in [0.25, 0.3) is 0 Å². The summed E-state index contributed by atoms with van der Waals surface area (Å²) in [6.07, 6.45) is 4.74. The van der Waals surface area contributed by atoms with Gasteiger partial charge in [0, 0.05) is 83.5 Å². The predicted molar refractivity (Wildman–Crippen MR) is 122 cm³/mol. The van der Waals surface area contributed by atoms with Gasteiger partial charge < -0.3 is 20.4 Å². The van der Waals surface area contributed by atoms with E-state index in [0.29, 0.717) is 6.04 Å². The van der Waals surface area contributed by atoms with Crippen LogP contribution >= 0.6 is 0 Å². The van der Waals surface area contributed by atoms with Crippen LogP contribution in [0.4, 0.5) is 11.6 Å². The number of nitrogens with one attached hydrogen (secondary N) is 2. The molecule has 2 aromatic rings. The van der Waals surface area contributed by atoms with Crippen molar-refractivity contribution in [1.29, 1.82) is 0 Å². The van der Waals surface area contributed by atoms with Gasteiger partial charge in [-0.05, 0) is 24.6 Å². The smallest absolute Gasteiger partial charge is 0.225 e. The Morgan fingerprint density at radius 2 is 1.77 bits per heavy atom. The first kappa shape index (κ1) is 20.4. The number of piperazine rings is 1. The largest absolute Gasteiger partial charge is 0.369 e. The molecule has 0 saturated carbocycles. The maximum Gasteiger partial charge on any atom is 0.225 e. The molecule has 1 atom stereocenters. The molecule has 0 radical (unpaired) electrons. The number of anilines is 2. The van der Waals surface area contributed by atoms with E-state index < -0.39 is 0 Å². The van der Waals surface area contributed by atoms with Crippen LogP contribution in [0.3, 0.4) is 0 Å². The lowest BCUT2D eigenvalue weighted by molar-refractivity contribution is 0.260. The highest BCUT2D eigenvalue weighted by atomic mass is 15.3. The number of hydrogen-bond acceptors (Lipinski definition) is 6. The minimum atomic E-state index is 0.422. The van der Waals surface area contributed by atoms with Crippen LogP contribution in [0.5, 0.6) is 0 Å². The zero-order valence-electron chi connectivity index (χ0n) is 17.7. The first-order valence-corrected chi connectivity index (χ1v) is 10.8. The maximum absolute atomic E-state index is 4.42. The van der Waals surface area contributed by atoms with E-state index >= 15 is 0 Å². The molecule has 160 valence electrons. The number of benzene rings is 1. The van der Waals surface area contributed by atoms with Gasteiger partial charge in [-0.1, -0.05) is 18.2 Å². The number of aliphatic imine (C=N–C) groups is 1. The van der Waals surface area contributed by atoms with Gasteiger partial charge in [0.05, 0.1) is 0 Å². The summed E-state index contributed by atoms with van der Waals surface area (Å²) in [5, 5.41) is 7.07. The molecular formula is C22H32N8. The molecule has 1 aromatic carbocycles. The van der Waals surface area contributed by atoms with Crippen molar-refractivity contribution in [1.82, 2.24) is 25.5 Å². The van der Waals surface area contributed by atoms with Crippen molar-refractivity contribution >= 4 is 17.6 Å². The molecule has 2 fully saturated rings. The zero-order chi connectivity index (χ0) is 20.6. The third kappa shape index (κ3) is 5.38. The third-order valence-corrected chi connectivity index (χ3v) is 5.80. The van der Waals surface area contributed by atoms with Crippen LogP contribution in [0.2, 0.25) is 0 Å². The first-order chi connectivity index (χ1) is 14.8. The van der Waals surface area contributed by atoms with Crippen molar-refractivity contribution in [3.63, 3.8) is 0 Å². The Bertz CT molecular complexity index is 789. The SMILES string of the molecule is CN=C(NCCN1CCN(c2ncccn2)CC1)NC1CCN(c2ccccc2)C1. The summed E-state index contributed by atoms with van der Waals surface area (Å²) in [5.74, 6) is 1.73. The van der Waals surface area contributed by atoms with Gasteiger partial charge in [-0.25, -0.2) is 9.97 Å². The number of para-hydroxylation sites is 1. The van der Waals surface area contributed by atoms with Gasteiger partial charge in [-0.2, -0.15) is 0 Å². The van der Waals surface area contributed by atoms with E-state index in [1.54, 1.807) is 12.4 Å².